The third-order valence-electron chi connectivity index (χ3n) is 4.59. The number of thiophene rings is 1. The fraction of sp³-hybridized carbons (Fsp3) is 0.529. The Kier molecular flexibility index (Phi) is 4.71. The molecule has 2 amide bonds. The van der Waals surface area contributed by atoms with Crippen LogP contribution in [0.15, 0.2) is 17.5 Å². The lowest BCUT2D eigenvalue weighted by Crippen LogP contribution is -2.43. The molecule has 0 unspecified atom stereocenters. The molecular formula is C17H23N3O2S. The minimum atomic E-state index is 0.0440. The van der Waals surface area contributed by atoms with Crippen molar-refractivity contribution in [2.45, 2.75) is 26.2 Å². The van der Waals surface area contributed by atoms with Gasteiger partial charge in [-0.1, -0.05) is 6.92 Å². The van der Waals surface area contributed by atoms with Gasteiger partial charge in [-0.2, -0.15) is 0 Å². The van der Waals surface area contributed by atoms with Crippen LogP contribution in [0.1, 0.15) is 36.7 Å². The van der Waals surface area contributed by atoms with Crippen LogP contribution >= 0.6 is 11.3 Å². The number of nitrogens with one attached hydrogen (secondary N) is 1. The van der Waals surface area contributed by atoms with Crippen LogP contribution in [0.25, 0.3) is 10.2 Å². The van der Waals surface area contributed by atoms with Crippen LogP contribution < -0.4 is 5.32 Å². The molecule has 0 aromatic carbocycles. The predicted molar refractivity (Wildman–Crippen MR) is 92.7 cm³/mol. The number of rotatable bonds is 4. The molecule has 6 heteroatoms. The number of hydrogen-bond acceptors (Lipinski definition) is 3. The molecule has 0 radical (unpaired) electrons. The highest BCUT2D eigenvalue weighted by Gasteiger charge is 2.28. The van der Waals surface area contributed by atoms with E-state index in [9.17, 15) is 9.59 Å². The van der Waals surface area contributed by atoms with Crippen molar-refractivity contribution >= 4 is 33.4 Å². The SMILES string of the molecule is CCCNC(=O)C1CCN(C(=O)c2cc3sccc3n2C)CC1. The van der Waals surface area contributed by atoms with Crippen LogP contribution in [-0.4, -0.2) is 40.9 Å². The van der Waals surface area contributed by atoms with Gasteiger partial charge in [0.25, 0.3) is 5.91 Å². The topological polar surface area (TPSA) is 54.3 Å². The summed E-state index contributed by atoms with van der Waals surface area (Å²) in [6.45, 7) is 4.09. The highest BCUT2D eigenvalue weighted by molar-refractivity contribution is 7.17. The van der Waals surface area contributed by atoms with Crippen LogP contribution in [0, 0.1) is 5.92 Å². The quantitative estimate of drug-likeness (QED) is 0.935. The molecule has 0 saturated carbocycles. The molecule has 0 bridgehead atoms. The van der Waals surface area contributed by atoms with E-state index in [4.69, 9.17) is 0 Å². The maximum absolute atomic E-state index is 12.7. The first-order valence-electron chi connectivity index (χ1n) is 8.21. The molecule has 0 atom stereocenters. The summed E-state index contributed by atoms with van der Waals surface area (Å²) in [4.78, 5) is 26.6. The molecule has 1 aliphatic rings. The molecule has 1 N–H and O–H groups in total. The van der Waals surface area contributed by atoms with Crippen LogP contribution in [0.2, 0.25) is 0 Å². The maximum atomic E-state index is 12.7. The van der Waals surface area contributed by atoms with Gasteiger partial charge in [-0.3, -0.25) is 9.59 Å². The fourth-order valence-electron chi connectivity index (χ4n) is 3.15. The van der Waals surface area contributed by atoms with E-state index in [1.54, 1.807) is 11.3 Å². The Morgan fingerprint density at radius 1 is 1.35 bits per heavy atom. The number of nitrogens with zero attached hydrogens (tertiary/aromatic N) is 2. The molecule has 1 fully saturated rings. The van der Waals surface area contributed by atoms with Gasteiger partial charge in [0.2, 0.25) is 5.91 Å². The molecule has 2 aromatic rings. The Labute approximate surface area is 140 Å². The number of amides is 2. The molecule has 5 nitrogen and oxygen atoms in total. The molecule has 124 valence electrons. The van der Waals surface area contributed by atoms with Crippen molar-refractivity contribution in [1.29, 1.82) is 0 Å². The number of aromatic nitrogens is 1. The lowest BCUT2D eigenvalue weighted by Gasteiger charge is -2.31. The van der Waals surface area contributed by atoms with E-state index in [0.29, 0.717) is 13.1 Å². The summed E-state index contributed by atoms with van der Waals surface area (Å²) >= 11 is 1.65. The number of piperidine rings is 1. The van der Waals surface area contributed by atoms with E-state index in [0.717, 1.165) is 41.7 Å². The lowest BCUT2D eigenvalue weighted by atomic mass is 9.95. The average Bonchev–Trinajstić information content (AvgIpc) is 3.15. The van der Waals surface area contributed by atoms with Crippen LogP contribution in [0.3, 0.4) is 0 Å². The summed E-state index contributed by atoms with van der Waals surface area (Å²) in [5, 5.41) is 5.00. The zero-order valence-electron chi connectivity index (χ0n) is 13.7. The van der Waals surface area contributed by atoms with Crippen molar-refractivity contribution in [2.24, 2.45) is 13.0 Å². The molecular weight excluding hydrogens is 310 g/mol. The highest BCUT2D eigenvalue weighted by Crippen LogP contribution is 2.26. The van der Waals surface area contributed by atoms with Gasteiger partial charge in [-0.05, 0) is 36.8 Å². The standard InChI is InChI=1S/C17H23N3O2S/c1-3-7-18-16(21)12-4-8-20(9-5-12)17(22)14-11-15-13(19(14)2)6-10-23-15/h6,10-12H,3-5,7-9H2,1-2H3,(H,18,21). The second-order valence-corrected chi connectivity index (χ2v) is 7.06. The van der Waals surface area contributed by atoms with Gasteiger partial charge in [-0.15, -0.1) is 11.3 Å². The van der Waals surface area contributed by atoms with Crippen LogP contribution in [-0.2, 0) is 11.8 Å². The molecule has 0 aliphatic carbocycles. The molecule has 0 spiro atoms. The summed E-state index contributed by atoms with van der Waals surface area (Å²) in [5.74, 6) is 0.254. The molecule has 1 saturated heterocycles. The van der Waals surface area contributed by atoms with Crippen molar-refractivity contribution < 1.29 is 9.59 Å². The van der Waals surface area contributed by atoms with E-state index < -0.39 is 0 Å². The van der Waals surface area contributed by atoms with Crippen molar-refractivity contribution in [3.63, 3.8) is 0 Å². The molecule has 23 heavy (non-hydrogen) atoms. The Morgan fingerprint density at radius 3 is 2.74 bits per heavy atom. The third kappa shape index (κ3) is 3.13. The summed E-state index contributed by atoms with van der Waals surface area (Å²) < 4.78 is 3.11. The molecule has 1 aliphatic heterocycles. The normalized spacial score (nSPS) is 16.0. The van der Waals surface area contributed by atoms with Gasteiger partial charge in [0.15, 0.2) is 0 Å². The van der Waals surface area contributed by atoms with Crippen molar-refractivity contribution in [2.75, 3.05) is 19.6 Å². The lowest BCUT2D eigenvalue weighted by molar-refractivity contribution is -0.126. The van der Waals surface area contributed by atoms with Crippen molar-refractivity contribution in [1.82, 2.24) is 14.8 Å². The van der Waals surface area contributed by atoms with Crippen LogP contribution in [0.5, 0.6) is 0 Å². The van der Waals surface area contributed by atoms with E-state index >= 15 is 0 Å². The van der Waals surface area contributed by atoms with Gasteiger partial charge in [0, 0.05) is 32.6 Å². The molecule has 3 rings (SSSR count). The van der Waals surface area contributed by atoms with Gasteiger partial charge >= 0.3 is 0 Å². The maximum Gasteiger partial charge on any atom is 0.270 e. The zero-order valence-corrected chi connectivity index (χ0v) is 14.5. The third-order valence-corrected chi connectivity index (χ3v) is 5.44. The van der Waals surface area contributed by atoms with Gasteiger partial charge in [-0.25, -0.2) is 0 Å². The van der Waals surface area contributed by atoms with Crippen molar-refractivity contribution in [3.8, 4) is 0 Å². The first-order chi connectivity index (χ1) is 11.1. The first kappa shape index (κ1) is 16.1. The Hall–Kier alpha value is -1.82. The van der Waals surface area contributed by atoms with E-state index in [1.807, 2.05) is 41.0 Å². The summed E-state index contributed by atoms with van der Waals surface area (Å²) in [5.41, 5.74) is 1.84. The Balaban J connectivity index is 1.63. The summed E-state index contributed by atoms with van der Waals surface area (Å²) in [7, 11) is 1.94. The monoisotopic (exact) mass is 333 g/mol. The van der Waals surface area contributed by atoms with Crippen molar-refractivity contribution in [3.05, 3.63) is 23.2 Å². The van der Waals surface area contributed by atoms with E-state index in [1.165, 1.54) is 0 Å². The fourth-order valence-corrected chi connectivity index (χ4v) is 4.00. The smallest absolute Gasteiger partial charge is 0.270 e. The number of fused-ring (bicyclic) bond motifs is 1. The summed E-state index contributed by atoms with van der Waals surface area (Å²) in [6, 6.07) is 4.02. The minimum absolute atomic E-state index is 0.0440. The summed E-state index contributed by atoms with van der Waals surface area (Å²) in [6.07, 6.45) is 2.45. The largest absolute Gasteiger partial charge is 0.356 e. The first-order valence-corrected chi connectivity index (χ1v) is 9.09. The second-order valence-electron chi connectivity index (χ2n) is 6.12. The predicted octanol–water partition coefficient (Wildman–Crippen LogP) is 2.62. The number of hydrogen-bond donors (Lipinski definition) is 1. The second kappa shape index (κ2) is 6.74. The number of likely N-dealkylation sites (tertiary alicyclic amines) is 1. The Morgan fingerprint density at radius 2 is 2.09 bits per heavy atom. The zero-order chi connectivity index (χ0) is 16.4. The number of carbonyl (C=O) groups excluding carboxylic acids is 2. The van der Waals surface area contributed by atoms with E-state index in [2.05, 4.69) is 5.32 Å². The van der Waals surface area contributed by atoms with E-state index in [-0.39, 0.29) is 17.7 Å². The number of aryl methyl sites for hydroxylation is 1. The molecule has 2 aromatic heterocycles. The molecule has 3 heterocycles. The van der Waals surface area contributed by atoms with Gasteiger partial charge in [0.05, 0.1) is 10.2 Å². The highest BCUT2D eigenvalue weighted by atomic mass is 32.1. The van der Waals surface area contributed by atoms with Crippen LogP contribution in [0.4, 0.5) is 0 Å². The van der Waals surface area contributed by atoms with Gasteiger partial charge in [0.1, 0.15) is 5.69 Å². The number of carbonyl (C=O) groups is 2. The van der Waals surface area contributed by atoms with Gasteiger partial charge < -0.3 is 14.8 Å². The average molecular weight is 333 g/mol. The Bertz CT molecular complexity index is 711. The minimum Gasteiger partial charge on any atom is -0.356 e.